The van der Waals surface area contributed by atoms with E-state index in [0.717, 1.165) is 4.90 Å². The van der Waals surface area contributed by atoms with Crippen LogP contribution in [0.25, 0.3) is 0 Å². The summed E-state index contributed by atoms with van der Waals surface area (Å²) >= 11 is 0. The first-order valence-electron chi connectivity index (χ1n) is 7.58. The summed E-state index contributed by atoms with van der Waals surface area (Å²) < 4.78 is 41.2. The average Bonchev–Trinajstić information content (AvgIpc) is 2.84. The second-order valence-electron chi connectivity index (χ2n) is 5.59. The normalized spacial score (nSPS) is 14.8. The van der Waals surface area contributed by atoms with Gasteiger partial charge in [0.25, 0.3) is 0 Å². The van der Waals surface area contributed by atoms with Crippen LogP contribution in [0.4, 0.5) is 13.2 Å². The van der Waals surface area contributed by atoms with Crippen LogP contribution in [0.5, 0.6) is 5.75 Å². The molecule has 9 heteroatoms. The molecule has 0 aromatic heterocycles. The van der Waals surface area contributed by atoms with Gasteiger partial charge in [-0.3, -0.25) is 19.3 Å². The number of nitrogens with zero attached hydrogens (tertiary/aromatic N) is 2. The summed E-state index contributed by atoms with van der Waals surface area (Å²) in [4.78, 5) is 37.4. The maximum absolute atomic E-state index is 12.4. The number of alkyl halides is 3. The molecular weight excluding hydrogens is 341 g/mol. The fourth-order valence-corrected chi connectivity index (χ4v) is 2.47. The zero-order valence-corrected chi connectivity index (χ0v) is 13.5. The second kappa shape index (κ2) is 7.54. The number of benzene rings is 1. The Bertz CT molecular complexity index is 660. The van der Waals surface area contributed by atoms with Gasteiger partial charge < -0.3 is 9.64 Å². The third kappa shape index (κ3) is 5.20. The largest absolute Gasteiger partial charge is 0.573 e. The van der Waals surface area contributed by atoms with Crippen LogP contribution < -0.4 is 4.74 Å². The first kappa shape index (κ1) is 18.8. The third-order valence-corrected chi connectivity index (χ3v) is 3.74. The Kier molecular flexibility index (Phi) is 5.66. The molecule has 0 radical (unpaired) electrons. The quantitative estimate of drug-likeness (QED) is 0.731. The van der Waals surface area contributed by atoms with Crippen molar-refractivity contribution in [3.63, 3.8) is 0 Å². The molecule has 0 unspecified atom stereocenters. The Morgan fingerprint density at radius 3 is 2.40 bits per heavy atom. The number of rotatable bonds is 6. The summed E-state index contributed by atoms with van der Waals surface area (Å²) in [6.45, 7) is -0.117. The average molecular weight is 358 g/mol. The molecule has 1 heterocycles. The van der Waals surface area contributed by atoms with E-state index in [1.165, 1.54) is 30.1 Å². The molecule has 2 rings (SSSR count). The predicted octanol–water partition coefficient (Wildman–Crippen LogP) is 2.08. The Labute approximate surface area is 142 Å². The van der Waals surface area contributed by atoms with Crippen LogP contribution in [0, 0.1) is 0 Å². The van der Waals surface area contributed by atoms with Crippen molar-refractivity contribution in [2.45, 2.75) is 32.2 Å². The van der Waals surface area contributed by atoms with Crippen molar-refractivity contribution in [1.29, 1.82) is 0 Å². The highest BCUT2D eigenvalue weighted by molar-refractivity contribution is 6.02. The van der Waals surface area contributed by atoms with Crippen LogP contribution in [0.15, 0.2) is 24.3 Å². The number of carbonyl (C=O) groups is 3. The van der Waals surface area contributed by atoms with Gasteiger partial charge in [-0.1, -0.05) is 18.2 Å². The Morgan fingerprint density at radius 1 is 1.20 bits per heavy atom. The number of ether oxygens (including phenoxy) is 1. The lowest BCUT2D eigenvalue weighted by molar-refractivity contribution is -0.275. The van der Waals surface area contributed by atoms with Crippen LogP contribution >= 0.6 is 0 Å². The third-order valence-electron chi connectivity index (χ3n) is 3.74. The molecule has 0 saturated carbocycles. The fourth-order valence-electron chi connectivity index (χ4n) is 2.47. The lowest BCUT2D eigenvalue weighted by Crippen LogP contribution is -2.34. The summed E-state index contributed by atoms with van der Waals surface area (Å²) in [6.07, 6.45) is -4.62. The number of likely N-dealkylation sites (tertiary alicyclic amines) is 1. The highest BCUT2D eigenvalue weighted by atomic mass is 19.4. The van der Waals surface area contributed by atoms with Gasteiger partial charge in [0, 0.05) is 45.0 Å². The number of para-hydroxylation sites is 1. The molecule has 1 saturated heterocycles. The summed E-state index contributed by atoms with van der Waals surface area (Å²) in [6, 6.07) is 5.54. The van der Waals surface area contributed by atoms with Gasteiger partial charge in [0.05, 0.1) is 0 Å². The van der Waals surface area contributed by atoms with E-state index in [1.807, 2.05) is 0 Å². The molecule has 0 N–H and O–H groups in total. The van der Waals surface area contributed by atoms with Crippen LogP contribution in [0.1, 0.15) is 24.8 Å². The molecule has 1 aliphatic heterocycles. The van der Waals surface area contributed by atoms with Gasteiger partial charge in [-0.2, -0.15) is 0 Å². The van der Waals surface area contributed by atoms with Crippen molar-refractivity contribution < 1.29 is 32.3 Å². The Morgan fingerprint density at radius 2 is 1.80 bits per heavy atom. The van der Waals surface area contributed by atoms with Crippen molar-refractivity contribution in [3.05, 3.63) is 29.8 Å². The van der Waals surface area contributed by atoms with Gasteiger partial charge >= 0.3 is 6.36 Å². The molecule has 1 fully saturated rings. The van der Waals surface area contributed by atoms with E-state index in [1.54, 1.807) is 6.07 Å². The minimum absolute atomic E-state index is 0.0263. The molecule has 0 spiro atoms. The molecule has 3 amide bonds. The van der Waals surface area contributed by atoms with Crippen LogP contribution in [0.3, 0.4) is 0 Å². The molecule has 0 atom stereocenters. The van der Waals surface area contributed by atoms with Crippen molar-refractivity contribution >= 4 is 17.7 Å². The fraction of sp³-hybridized carbons (Fsp3) is 0.438. The molecular formula is C16H17F3N2O4. The molecule has 25 heavy (non-hydrogen) atoms. The summed E-state index contributed by atoms with van der Waals surface area (Å²) in [5.74, 6) is -1.40. The monoisotopic (exact) mass is 358 g/mol. The number of hydrogen-bond acceptors (Lipinski definition) is 4. The zero-order valence-electron chi connectivity index (χ0n) is 13.5. The van der Waals surface area contributed by atoms with Gasteiger partial charge in [-0.05, 0) is 6.07 Å². The number of carbonyl (C=O) groups excluding carboxylic acids is 3. The molecule has 136 valence electrons. The summed E-state index contributed by atoms with van der Waals surface area (Å²) in [5.41, 5.74) is 0.198. The maximum atomic E-state index is 12.4. The standard InChI is InChI=1S/C16H17F3N2O4/c1-20(13(22)8-9-21-14(23)6-7-15(21)24)10-11-4-2-3-5-12(11)25-16(17,18)19/h2-5H,6-10H2,1H3. The highest BCUT2D eigenvalue weighted by Gasteiger charge is 2.32. The minimum atomic E-state index is -4.82. The molecule has 1 aliphatic rings. The summed E-state index contributed by atoms with van der Waals surface area (Å²) in [7, 11) is 1.43. The molecule has 0 bridgehead atoms. The van der Waals surface area contributed by atoms with Crippen molar-refractivity contribution in [1.82, 2.24) is 9.80 Å². The minimum Gasteiger partial charge on any atom is -0.405 e. The zero-order chi connectivity index (χ0) is 18.6. The number of amides is 3. The van der Waals surface area contributed by atoms with Gasteiger partial charge in [0.2, 0.25) is 17.7 Å². The van der Waals surface area contributed by atoms with Gasteiger partial charge in [-0.15, -0.1) is 13.2 Å². The predicted molar refractivity (Wildman–Crippen MR) is 80.2 cm³/mol. The van der Waals surface area contributed by atoms with E-state index in [9.17, 15) is 27.6 Å². The lowest BCUT2D eigenvalue weighted by atomic mass is 10.2. The number of halogens is 3. The molecule has 1 aromatic rings. The van der Waals surface area contributed by atoms with Gasteiger partial charge in [0.15, 0.2) is 0 Å². The topological polar surface area (TPSA) is 66.9 Å². The maximum Gasteiger partial charge on any atom is 0.573 e. The highest BCUT2D eigenvalue weighted by Crippen LogP contribution is 2.27. The molecule has 0 aliphatic carbocycles. The Balaban J connectivity index is 1.95. The second-order valence-corrected chi connectivity index (χ2v) is 5.59. The first-order chi connectivity index (χ1) is 11.7. The van der Waals surface area contributed by atoms with Gasteiger partial charge in [0.1, 0.15) is 5.75 Å². The van der Waals surface area contributed by atoms with Crippen molar-refractivity contribution in [2.75, 3.05) is 13.6 Å². The van der Waals surface area contributed by atoms with Crippen LogP contribution in [-0.2, 0) is 20.9 Å². The molecule has 6 nitrogen and oxygen atoms in total. The van der Waals surface area contributed by atoms with E-state index in [2.05, 4.69) is 4.74 Å². The van der Waals surface area contributed by atoms with Crippen molar-refractivity contribution in [2.24, 2.45) is 0 Å². The van der Waals surface area contributed by atoms with E-state index in [-0.39, 0.29) is 55.5 Å². The van der Waals surface area contributed by atoms with Crippen LogP contribution in [0.2, 0.25) is 0 Å². The van der Waals surface area contributed by atoms with E-state index in [0.29, 0.717) is 0 Å². The van der Waals surface area contributed by atoms with E-state index in [4.69, 9.17) is 0 Å². The number of imide groups is 1. The van der Waals surface area contributed by atoms with E-state index >= 15 is 0 Å². The van der Waals surface area contributed by atoms with Crippen LogP contribution in [-0.4, -0.2) is 47.5 Å². The smallest absolute Gasteiger partial charge is 0.405 e. The number of hydrogen-bond donors (Lipinski definition) is 0. The van der Waals surface area contributed by atoms with E-state index < -0.39 is 12.3 Å². The lowest BCUT2D eigenvalue weighted by Gasteiger charge is -2.21. The Hall–Kier alpha value is -2.58. The first-order valence-corrected chi connectivity index (χ1v) is 7.58. The van der Waals surface area contributed by atoms with Gasteiger partial charge in [-0.25, -0.2) is 0 Å². The SMILES string of the molecule is CN(Cc1ccccc1OC(F)(F)F)C(=O)CCN1C(=O)CCC1=O. The summed E-state index contributed by atoms with van der Waals surface area (Å²) in [5, 5.41) is 0. The molecule has 1 aromatic carbocycles. The van der Waals surface area contributed by atoms with Crippen molar-refractivity contribution in [3.8, 4) is 5.75 Å².